The highest BCUT2D eigenvalue weighted by atomic mass is 19.1. The molecule has 5 heteroatoms. The molecule has 2 aromatic rings. The highest BCUT2D eigenvalue weighted by molar-refractivity contribution is 5.43. The number of rotatable bonds is 6. The van der Waals surface area contributed by atoms with Gasteiger partial charge in [0.2, 0.25) is 0 Å². The molecule has 0 aromatic heterocycles. The quantitative estimate of drug-likeness (QED) is 0.769. The van der Waals surface area contributed by atoms with Crippen LogP contribution < -0.4 is 9.47 Å². The lowest BCUT2D eigenvalue weighted by Crippen LogP contribution is -2.49. The van der Waals surface area contributed by atoms with Gasteiger partial charge < -0.3 is 14.6 Å². The van der Waals surface area contributed by atoms with E-state index in [0.717, 1.165) is 30.9 Å². The summed E-state index contributed by atoms with van der Waals surface area (Å²) in [4.78, 5) is 2.49. The van der Waals surface area contributed by atoms with Gasteiger partial charge >= 0.3 is 0 Å². The van der Waals surface area contributed by atoms with Gasteiger partial charge in [-0.3, -0.25) is 4.90 Å². The number of hydrogen-bond donors (Lipinski definition) is 1. The number of methoxy groups -OCH3 is 1. The van der Waals surface area contributed by atoms with Crippen molar-refractivity contribution in [3.8, 4) is 11.5 Å². The van der Waals surface area contributed by atoms with Crippen molar-refractivity contribution in [1.29, 1.82) is 0 Å². The van der Waals surface area contributed by atoms with Crippen LogP contribution in [-0.2, 0) is 12.1 Å². The maximum atomic E-state index is 13.7. The molecule has 0 saturated carbocycles. The molecule has 2 bridgehead atoms. The Labute approximate surface area is 172 Å². The molecule has 4 rings (SSSR count). The lowest BCUT2D eigenvalue weighted by atomic mass is 9.80. The second-order valence-electron chi connectivity index (χ2n) is 8.66. The molecule has 2 heterocycles. The maximum Gasteiger partial charge on any atom is 0.161 e. The smallest absolute Gasteiger partial charge is 0.161 e. The summed E-state index contributed by atoms with van der Waals surface area (Å²) in [7, 11) is 1.65. The van der Waals surface area contributed by atoms with Crippen LogP contribution in [0, 0.1) is 5.82 Å². The summed E-state index contributed by atoms with van der Waals surface area (Å²) in [6.07, 6.45) is 3.48. The van der Waals surface area contributed by atoms with Gasteiger partial charge in [0, 0.05) is 18.6 Å². The lowest BCUT2D eigenvalue weighted by molar-refractivity contribution is -0.0597. The molecule has 0 aliphatic carbocycles. The fraction of sp³-hybridized carbons (Fsp3) is 0.500. The third-order valence-electron chi connectivity index (χ3n) is 6.24. The van der Waals surface area contributed by atoms with Crippen LogP contribution in [0.15, 0.2) is 42.5 Å². The summed E-state index contributed by atoms with van der Waals surface area (Å²) in [5.41, 5.74) is 0.927. The summed E-state index contributed by atoms with van der Waals surface area (Å²) in [5.74, 6) is 1.21. The molecule has 2 aliphatic heterocycles. The zero-order valence-electron chi connectivity index (χ0n) is 17.4. The molecule has 29 heavy (non-hydrogen) atoms. The fourth-order valence-corrected chi connectivity index (χ4v) is 4.96. The molecule has 1 N–H and O–H groups in total. The first-order valence-corrected chi connectivity index (χ1v) is 10.5. The van der Waals surface area contributed by atoms with E-state index in [4.69, 9.17) is 9.47 Å². The predicted octanol–water partition coefficient (Wildman–Crippen LogP) is 4.64. The van der Waals surface area contributed by atoms with E-state index < -0.39 is 5.60 Å². The average molecular weight is 400 g/mol. The van der Waals surface area contributed by atoms with Crippen molar-refractivity contribution in [1.82, 2.24) is 4.90 Å². The minimum absolute atomic E-state index is 0.0755. The van der Waals surface area contributed by atoms with Crippen molar-refractivity contribution in [2.45, 2.75) is 69.9 Å². The summed E-state index contributed by atoms with van der Waals surface area (Å²) in [6, 6.07) is 13.1. The number of fused-ring (bicyclic) bond motifs is 2. The minimum Gasteiger partial charge on any atom is -0.493 e. The number of ether oxygens (including phenoxy) is 2. The van der Waals surface area contributed by atoms with Crippen molar-refractivity contribution in [3.63, 3.8) is 0 Å². The second-order valence-corrected chi connectivity index (χ2v) is 8.66. The zero-order chi connectivity index (χ0) is 20.6. The van der Waals surface area contributed by atoms with Crippen LogP contribution in [0.25, 0.3) is 0 Å². The Morgan fingerprint density at radius 2 is 1.83 bits per heavy atom. The van der Waals surface area contributed by atoms with Crippen LogP contribution in [0.2, 0.25) is 0 Å². The van der Waals surface area contributed by atoms with Crippen molar-refractivity contribution in [3.05, 3.63) is 59.4 Å². The summed E-state index contributed by atoms with van der Waals surface area (Å²) < 4.78 is 25.1. The number of hydrogen-bond acceptors (Lipinski definition) is 4. The van der Waals surface area contributed by atoms with Crippen molar-refractivity contribution in [2.75, 3.05) is 7.11 Å². The zero-order valence-corrected chi connectivity index (χ0v) is 17.4. The minimum atomic E-state index is -0.948. The number of nitrogens with zero attached hydrogens (tertiary/aromatic N) is 1. The first-order valence-electron chi connectivity index (χ1n) is 10.5. The number of benzene rings is 2. The van der Waals surface area contributed by atoms with E-state index >= 15 is 0 Å². The molecule has 0 spiro atoms. The Morgan fingerprint density at radius 1 is 1.10 bits per heavy atom. The molecule has 0 amide bonds. The summed E-state index contributed by atoms with van der Waals surface area (Å²) in [5, 5.41) is 11.3. The van der Waals surface area contributed by atoms with Crippen LogP contribution in [0.3, 0.4) is 0 Å². The number of piperidine rings is 1. The normalized spacial score (nSPS) is 26.7. The van der Waals surface area contributed by atoms with E-state index in [1.54, 1.807) is 13.2 Å². The monoisotopic (exact) mass is 399 g/mol. The number of aliphatic hydroxyl groups is 1. The first-order chi connectivity index (χ1) is 13.9. The van der Waals surface area contributed by atoms with E-state index in [2.05, 4.69) is 17.0 Å². The largest absolute Gasteiger partial charge is 0.493 e. The van der Waals surface area contributed by atoms with Gasteiger partial charge in [0.1, 0.15) is 5.82 Å². The summed E-state index contributed by atoms with van der Waals surface area (Å²) >= 11 is 0. The van der Waals surface area contributed by atoms with Crippen LogP contribution in [0.4, 0.5) is 4.39 Å². The molecular formula is C24H30FNO3. The van der Waals surface area contributed by atoms with E-state index in [1.165, 1.54) is 17.7 Å². The SMILES string of the molecule is COc1ccc(CN2[C@H]3CC[C@H]2CC(O)(c2cccc(F)c2)C3)cc1OC(C)C. The highest BCUT2D eigenvalue weighted by Gasteiger charge is 2.48. The molecule has 2 atom stereocenters. The fourth-order valence-electron chi connectivity index (χ4n) is 4.96. The molecule has 2 saturated heterocycles. The summed E-state index contributed by atoms with van der Waals surface area (Å²) in [6.45, 7) is 4.82. The molecular weight excluding hydrogens is 369 g/mol. The van der Waals surface area contributed by atoms with Crippen LogP contribution in [0.1, 0.15) is 50.7 Å². The van der Waals surface area contributed by atoms with Gasteiger partial charge in [-0.05, 0) is 74.9 Å². The van der Waals surface area contributed by atoms with Crippen molar-refractivity contribution < 1.29 is 19.0 Å². The van der Waals surface area contributed by atoms with Gasteiger partial charge in [-0.2, -0.15) is 0 Å². The van der Waals surface area contributed by atoms with E-state index in [1.807, 2.05) is 26.0 Å². The van der Waals surface area contributed by atoms with Crippen molar-refractivity contribution >= 4 is 0 Å². The van der Waals surface area contributed by atoms with Crippen LogP contribution >= 0.6 is 0 Å². The van der Waals surface area contributed by atoms with E-state index in [-0.39, 0.29) is 11.9 Å². The second kappa shape index (κ2) is 7.96. The number of halogens is 1. The molecule has 2 fully saturated rings. The Morgan fingerprint density at radius 3 is 2.45 bits per heavy atom. The van der Waals surface area contributed by atoms with Gasteiger partial charge in [0.05, 0.1) is 18.8 Å². The van der Waals surface area contributed by atoms with Crippen LogP contribution in [-0.4, -0.2) is 35.3 Å². The van der Waals surface area contributed by atoms with E-state index in [9.17, 15) is 9.50 Å². The Bertz CT molecular complexity index is 855. The van der Waals surface area contributed by atoms with Gasteiger partial charge in [0.15, 0.2) is 11.5 Å². The Balaban J connectivity index is 1.52. The molecule has 2 aromatic carbocycles. The lowest BCUT2D eigenvalue weighted by Gasteiger charge is -2.44. The first kappa shape index (κ1) is 20.2. The van der Waals surface area contributed by atoms with Gasteiger partial charge in [0.25, 0.3) is 0 Å². The van der Waals surface area contributed by atoms with Crippen LogP contribution in [0.5, 0.6) is 11.5 Å². The molecule has 0 radical (unpaired) electrons. The highest BCUT2D eigenvalue weighted by Crippen LogP contribution is 2.46. The molecule has 2 aliphatic rings. The topological polar surface area (TPSA) is 41.9 Å². The third-order valence-corrected chi connectivity index (χ3v) is 6.24. The predicted molar refractivity (Wildman–Crippen MR) is 111 cm³/mol. The van der Waals surface area contributed by atoms with Crippen molar-refractivity contribution in [2.24, 2.45) is 0 Å². The van der Waals surface area contributed by atoms with Gasteiger partial charge in [-0.1, -0.05) is 18.2 Å². The standard InChI is InChI=1S/C24H30FNO3/c1-16(2)29-23-11-17(7-10-22(23)28-3)15-26-20-8-9-21(26)14-24(27,13-20)18-5-4-6-19(25)12-18/h4-7,10-12,16,20-21,27H,8-9,13-15H2,1-3H3/t20-,21-/m0/s1. The maximum absolute atomic E-state index is 13.7. The molecule has 4 nitrogen and oxygen atoms in total. The van der Waals surface area contributed by atoms with E-state index in [0.29, 0.717) is 30.5 Å². The molecule has 156 valence electrons. The van der Waals surface area contributed by atoms with Gasteiger partial charge in [-0.25, -0.2) is 4.39 Å². The van der Waals surface area contributed by atoms with Gasteiger partial charge in [-0.15, -0.1) is 0 Å². The molecule has 0 unspecified atom stereocenters. The Kier molecular flexibility index (Phi) is 5.54. The average Bonchev–Trinajstić information content (AvgIpc) is 2.92. The third kappa shape index (κ3) is 4.12. The Hall–Kier alpha value is -2.11.